The van der Waals surface area contributed by atoms with E-state index in [4.69, 9.17) is 11.6 Å². The number of rotatable bonds is 10. The van der Waals surface area contributed by atoms with Crippen molar-refractivity contribution in [3.05, 3.63) is 34.3 Å². The summed E-state index contributed by atoms with van der Waals surface area (Å²) in [5.74, 6) is -8.16. The lowest BCUT2D eigenvalue weighted by Gasteiger charge is -2.38. The molecular formula is C62H97ClF3N11O11. The number of nitrogens with one attached hydrogen (secondary N) is 4. The topological polar surface area (TPSA) is 259 Å². The monoisotopic (exact) mass is 1260 g/mol. The average molecular weight is 1260 g/mol. The molecule has 1 aliphatic carbocycles. The number of aryl methyl sites for hydroxylation is 1. The fraction of sp³-hybridized carbons (Fsp3) is 0.726. The number of hydrogen-bond donors (Lipinski definition) is 4. The summed E-state index contributed by atoms with van der Waals surface area (Å²) in [5.41, 5.74) is -2.46. The maximum Gasteiger partial charge on any atom is 0.417 e. The zero-order chi connectivity index (χ0) is 66.4. The summed E-state index contributed by atoms with van der Waals surface area (Å²) in [6.07, 6.45) is 0.427. The Kier molecular flexibility index (Phi) is 27.1. The molecule has 11 amide bonds. The van der Waals surface area contributed by atoms with Crippen LogP contribution in [0.15, 0.2) is 18.2 Å². The number of likely N-dealkylation sites (N-methyl/N-ethyl adjacent to an activating group) is 6. The second-order valence-electron chi connectivity index (χ2n) is 25.9. The zero-order valence-corrected chi connectivity index (χ0v) is 55.0. The molecular weight excluding hydrogens is 1170 g/mol. The predicted molar refractivity (Wildman–Crippen MR) is 325 cm³/mol. The van der Waals surface area contributed by atoms with Crippen LogP contribution in [-0.2, 0) is 65.3 Å². The van der Waals surface area contributed by atoms with Crippen molar-refractivity contribution in [2.45, 2.75) is 200 Å². The lowest BCUT2D eigenvalue weighted by Crippen LogP contribution is -2.63. The van der Waals surface area contributed by atoms with Crippen LogP contribution < -0.4 is 21.3 Å². The van der Waals surface area contributed by atoms with Gasteiger partial charge in [-0.25, -0.2) is 0 Å². The fourth-order valence-electron chi connectivity index (χ4n) is 11.9. The summed E-state index contributed by atoms with van der Waals surface area (Å²) in [6, 6.07) is -4.72. The van der Waals surface area contributed by atoms with Gasteiger partial charge in [0.15, 0.2) is 0 Å². The number of fused-ring (bicyclic) bond motifs is 1. The molecule has 1 aromatic carbocycles. The number of amides is 11. The van der Waals surface area contributed by atoms with Crippen molar-refractivity contribution in [3.63, 3.8) is 0 Å². The van der Waals surface area contributed by atoms with E-state index >= 15 is 0 Å². The molecule has 2 saturated heterocycles. The molecule has 494 valence electrons. The van der Waals surface area contributed by atoms with Crippen LogP contribution in [0.5, 0.6) is 0 Å². The first kappa shape index (κ1) is 73.9. The van der Waals surface area contributed by atoms with Crippen molar-refractivity contribution in [1.82, 2.24) is 55.6 Å². The Labute approximate surface area is 522 Å². The Morgan fingerprint density at radius 2 is 1.27 bits per heavy atom. The van der Waals surface area contributed by atoms with Crippen LogP contribution in [0.1, 0.15) is 150 Å². The molecule has 1 aromatic rings. The number of carbonyl (C=O) groups excluding carboxylic acids is 11. The highest BCUT2D eigenvalue weighted by Crippen LogP contribution is 2.36. The van der Waals surface area contributed by atoms with Gasteiger partial charge in [-0.3, -0.25) is 52.7 Å². The van der Waals surface area contributed by atoms with Crippen molar-refractivity contribution in [3.8, 4) is 0 Å². The molecule has 26 heteroatoms. The molecule has 0 spiro atoms. The highest BCUT2D eigenvalue weighted by atomic mass is 35.5. The standard InChI is InChI=1S/C62H97ClF3N11O11/c1-16-38(6)52-59(87)73(12)34-50(80)71(10)35-51(81)75(14)47(32-40-21-18-17-19-22-40)58(86)72(11)33-48(78)68-44(27-25-41-24-26-42(43(63)31-41)62(64,65)66)57(85)77-28-20-23-45(77)55(83)70-61(8,9)60(88)76(15)53(37(4)5)56(84)67-39(7)30-49(79)74(13)46(29-36(2)3)54(82)69-52/h24,26,31,36-40,44-47,52-53H,16-23,25,27-30,32-35H2,1-15H3,(H,67,84)(H,68,78)(H,69,82)(H,70,83)/t38-,39+,44-,45-,46-,47-,52-,53-/m0/s1. The number of benzene rings is 1. The van der Waals surface area contributed by atoms with Gasteiger partial charge in [0.2, 0.25) is 65.0 Å². The van der Waals surface area contributed by atoms with Crippen molar-refractivity contribution in [2.75, 3.05) is 68.5 Å². The van der Waals surface area contributed by atoms with E-state index in [0.29, 0.717) is 18.4 Å². The lowest BCUT2D eigenvalue weighted by molar-refractivity contribution is -0.149. The Morgan fingerprint density at radius 3 is 1.85 bits per heavy atom. The molecule has 22 nitrogen and oxygen atoms in total. The van der Waals surface area contributed by atoms with E-state index in [1.807, 2.05) is 20.8 Å². The van der Waals surface area contributed by atoms with Gasteiger partial charge in [0.1, 0.15) is 41.8 Å². The summed E-state index contributed by atoms with van der Waals surface area (Å²) in [5, 5.41) is 10.6. The van der Waals surface area contributed by atoms with E-state index in [0.717, 1.165) is 58.9 Å². The average Bonchev–Trinajstić information content (AvgIpc) is 3.74. The van der Waals surface area contributed by atoms with Crippen LogP contribution in [0.2, 0.25) is 5.02 Å². The minimum atomic E-state index is -4.75. The molecule has 2 aliphatic heterocycles. The largest absolute Gasteiger partial charge is 0.417 e. The van der Waals surface area contributed by atoms with Gasteiger partial charge in [-0.15, -0.1) is 0 Å². The molecule has 88 heavy (non-hydrogen) atoms. The van der Waals surface area contributed by atoms with E-state index in [-0.39, 0.29) is 56.9 Å². The van der Waals surface area contributed by atoms with Crippen LogP contribution >= 0.6 is 11.6 Å². The summed E-state index contributed by atoms with van der Waals surface area (Å²) in [4.78, 5) is 166. The lowest BCUT2D eigenvalue weighted by atomic mass is 9.84. The third-order valence-corrected chi connectivity index (χ3v) is 17.7. The molecule has 0 bridgehead atoms. The molecule has 4 rings (SSSR count). The minimum absolute atomic E-state index is 0.0311. The van der Waals surface area contributed by atoms with Crippen LogP contribution in [-0.4, -0.2) is 216 Å². The highest BCUT2D eigenvalue weighted by Gasteiger charge is 2.45. The predicted octanol–water partition coefficient (Wildman–Crippen LogP) is 4.63. The van der Waals surface area contributed by atoms with Gasteiger partial charge in [0.05, 0.1) is 30.2 Å². The number of halogens is 4. The smallest absolute Gasteiger partial charge is 0.351 e. The summed E-state index contributed by atoms with van der Waals surface area (Å²) >= 11 is 6.08. The molecule has 2 heterocycles. The van der Waals surface area contributed by atoms with E-state index in [1.165, 1.54) is 81.8 Å². The number of hydrogen-bond acceptors (Lipinski definition) is 11. The van der Waals surface area contributed by atoms with E-state index in [2.05, 4.69) is 21.3 Å². The Balaban J connectivity index is 1.78. The van der Waals surface area contributed by atoms with Crippen molar-refractivity contribution < 1.29 is 65.9 Å². The zero-order valence-electron chi connectivity index (χ0n) is 54.2. The SMILES string of the molecule is CC[C@H](C)[C@@H]1NC(=O)[C@H](CC(C)C)N(C)C(=O)C[C@@H](C)NC(=O)[C@H](C(C)C)N(C)C(=O)C(C)(C)NC(=O)[C@@H]2CCCN2C(=O)[C@H](CCc2ccc(C(F)(F)F)c(Cl)c2)NC(=O)CN(C)C(=O)[C@H](CC2CCCCC2)N(C)C(=O)CN(C)C(=O)CN(C)C1=O. The maximum atomic E-state index is 14.8. The van der Waals surface area contributed by atoms with Crippen LogP contribution in [0.4, 0.5) is 13.2 Å². The third kappa shape index (κ3) is 20.0. The normalized spacial score (nSPS) is 25.9. The molecule has 1 saturated carbocycles. The van der Waals surface area contributed by atoms with Gasteiger partial charge in [-0.2, -0.15) is 13.2 Å². The Hall–Kier alpha value is -6.53. The van der Waals surface area contributed by atoms with Gasteiger partial charge < -0.3 is 55.6 Å². The van der Waals surface area contributed by atoms with Crippen LogP contribution in [0.25, 0.3) is 0 Å². The Morgan fingerprint density at radius 1 is 0.670 bits per heavy atom. The first-order valence-corrected chi connectivity index (χ1v) is 31.2. The molecule has 0 radical (unpaired) electrons. The second kappa shape index (κ2) is 32.3. The number of alkyl halides is 3. The fourth-order valence-corrected chi connectivity index (χ4v) is 12.2. The van der Waals surface area contributed by atoms with E-state index < -0.39 is 161 Å². The summed E-state index contributed by atoms with van der Waals surface area (Å²) in [6.45, 7) is 13.7. The molecule has 8 atom stereocenters. The minimum Gasteiger partial charge on any atom is -0.351 e. The highest BCUT2D eigenvalue weighted by molar-refractivity contribution is 6.31. The third-order valence-electron chi connectivity index (χ3n) is 17.4. The van der Waals surface area contributed by atoms with Crippen molar-refractivity contribution >= 4 is 76.6 Å². The maximum absolute atomic E-state index is 14.8. The van der Waals surface area contributed by atoms with Gasteiger partial charge in [-0.05, 0) is 101 Å². The quantitative estimate of drug-likeness (QED) is 0.251. The second-order valence-corrected chi connectivity index (χ2v) is 26.3. The van der Waals surface area contributed by atoms with Gasteiger partial charge in [0.25, 0.3) is 0 Å². The van der Waals surface area contributed by atoms with Crippen molar-refractivity contribution in [2.24, 2.45) is 23.7 Å². The Bertz CT molecular complexity index is 2690. The summed E-state index contributed by atoms with van der Waals surface area (Å²) in [7, 11) is 8.44. The van der Waals surface area contributed by atoms with E-state index in [1.54, 1.807) is 27.7 Å². The van der Waals surface area contributed by atoms with Gasteiger partial charge in [-0.1, -0.05) is 97.7 Å². The molecule has 3 aliphatic rings. The number of nitrogens with zero attached hydrogens (tertiary/aromatic N) is 7. The van der Waals surface area contributed by atoms with Crippen molar-refractivity contribution in [1.29, 1.82) is 0 Å². The van der Waals surface area contributed by atoms with Gasteiger partial charge >= 0.3 is 6.18 Å². The first-order chi connectivity index (χ1) is 40.9. The van der Waals surface area contributed by atoms with Crippen LogP contribution in [0, 0.1) is 23.7 Å². The number of carbonyl (C=O) groups is 11. The van der Waals surface area contributed by atoms with Crippen LogP contribution in [0.3, 0.4) is 0 Å². The molecule has 4 N–H and O–H groups in total. The molecule has 0 aromatic heterocycles. The molecule has 3 fully saturated rings. The van der Waals surface area contributed by atoms with Gasteiger partial charge in [0, 0.05) is 61.3 Å². The molecule has 0 unspecified atom stereocenters. The summed E-state index contributed by atoms with van der Waals surface area (Å²) < 4.78 is 41.1. The van der Waals surface area contributed by atoms with E-state index in [9.17, 15) is 65.9 Å². The first-order valence-electron chi connectivity index (χ1n) is 30.8.